The van der Waals surface area contributed by atoms with Gasteiger partial charge in [0.05, 0.1) is 0 Å². The minimum atomic E-state index is -0.327. The van der Waals surface area contributed by atoms with E-state index < -0.39 is 0 Å². The van der Waals surface area contributed by atoms with Gasteiger partial charge in [0.1, 0.15) is 6.61 Å². The quantitative estimate of drug-likeness (QED) is 0.929. The van der Waals surface area contributed by atoms with Gasteiger partial charge in [-0.3, -0.25) is 4.90 Å². The SMILES string of the molecule is C[C@H]1C[C@H](NC(=O)OCc2ccccc2)CN1C(C)(C)C. The molecule has 2 atom stereocenters. The number of likely N-dealkylation sites (tertiary alicyclic amines) is 1. The van der Waals surface area contributed by atoms with Crippen LogP contribution in [0.1, 0.15) is 39.7 Å². The number of ether oxygens (including phenoxy) is 1. The summed E-state index contributed by atoms with van der Waals surface area (Å²) in [5.41, 5.74) is 1.13. The van der Waals surface area contributed by atoms with Gasteiger partial charge in [0, 0.05) is 24.2 Å². The van der Waals surface area contributed by atoms with E-state index in [9.17, 15) is 4.79 Å². The number of carbonyl (C=O) groups excluding carboxylic acids is 1. The smallest absolute Gasteiger partial charge is 0.407 e. The second-order valence-corrected chi connectivity index (χ2v) is 6.81. The Hall–Kier alpha value is -1.55. The first kappa shape index (κ1) is 15.8. The van der Waals surface area contributed by atoms with Gasteiger partial charge in [0.15, 0.2) is 0 Å². The molecule has 2 rings (SSSR count). The Kier molecular flexibility index (Phi) is 4.88. The molecule has 0 bridgehead atoms. The van der Waals surface area contributed by atoms with E-state index in [0.29, 0.717) is 12.6 Å². The number of rotatable bonds is 3. The monoisotopic (exact) mass is 290 g/mol. The molecule has 1 aliphatic heterocycles. The van der Waals surface area contributed by atoms with Crippen molar-refractivity contribution in [2.75, 3.05) is 6.54 Å². The average Bonchev–Trinajstić information content (AvgIpc) is 2.78. The van der Waals surface area contributed by atoms with Crippen molar-refractivity contribution in [3.63, 3.8) is 0 Å². The Labute approximate surface area is 127 Å². The van der Waals surface area contributed by atoms with Crippen molar-refractivity contribution in [3.8, 4) is 0 Å². The van der Waals surface area contributed by atoms with Gasteiger partial charge < -0.3 is 10.1 Å². The zero-order chi connectivity index (χ0) is 15.5. The van der Waals surface area contributed by atoms with Crippen LogP contribution < -0.4 is 5.32 Å². The largest absolute Gasteiger partial charge is 0.445 e. The molecular formula is C17H26N2O2. The summed E-state index contributed by atoms with van der Waals surface area (Å²) in [5.74, 6) is 0. The third-order valence-electron chi connectivity index (χ3n) is 3.97. The molecule has 0 unspecified atom stereocenters. The van der Waals surface area contributed by atoms with Gasteiger partial charge in [-0.05, 0) is 39.7 Å². The van der Waals surface area contributed by atoms with E-state index in [4.69, 9.17) is 4.74 Å². The minimum absolute atomic E-state index is 0.129. The maximum absolute atomic E-state index is 11.9. The van der Waals surface area contributed by atoms with Gasteiger partial charge in [0.25, 0.3) is 0 Å². The summed E-state index contributed by atoms with van der Waals surface area (Å²) in [4.78, 5) is 14.3. The lowest BCUT2D eigenvalue weighted by molar-refractivity contribution is 0.122. The van der Waals surface area contributed by atoms with Crippen LogP contribution in [0.3, 0.4) is 0 Å². The number of hydrogen-bond donors (Lipinski definition) is 1. The summed E-state index contributed by atoms with van der Waals surface area (Å²) in [7, 11) is 0. The van der Waals surface area contributed by atoms with E-state index in [2.05, 4.69) is 37.9 Å². The lowest BCUT2D eigenvalue weighted by Crippen LogP contribution is -2.45. The zero-order valence-corrected chi connectivity index (χ0v) is 13.4. The molecule has 1 aliphatic rings. The molecule has 0 radical (unpaired) electrons. The van der Waals surface area contributed by atoms with Crippen LogP contribution >= 0.6 is 0 Å². The Morgan fingerprint density at radius 1 is 1.33 bits per heavy atom. The number of carbonyl (C=O) groups is 1. The van der Waals surface area contributed by atoms with Crippen LogP contribution in [0.5, 0.6) is 0 Å². The molecule has 116 valence electrons. The standard InChI is InChI=1S/C17H26N2O2/c1-13-10-15(11-19(13)17(2,3)4)18-16(20)21-12-14-8-6-5-7-9-14/h5-9,13,15H,10-12H2,1-4H3,(H,18,20)/t13-,15-/m0/s1. The molecular weight excluding hydrogens is 264 g/mol. The van der Waals surface area contributed by atoms with Crippen molar-refractivity contribution in [2.24, 2.45) is 0 Å². The Morgan fingerprint density at radius 3 is 2.57 bits per heavy atom. The van der Waals surface area contributed by atoms with Crippen molar-refractivity contribution in [2.45, 2.75) is 58.3 Å². The molecule has 0 aliphatic carbocycles. The second-order valence-electron chi connectivity index (χ2n) is 6.81. The molecule has 1 heterocycles. The number of alkyl carbamates (subject to hydrolysis) is 1. The number of benzene rings is 1. The number of nitrogens with zero attached hydrogens (tertiary/aromatic N) is 1. The minimum Gasteiger partial charge on any atom is -0.445 e. The van der Waals surface area contributed by atoms with Gasteiger partial charge in [-0.1, -0.05) is 30.3 Å². The molecule has 21 heavy (non-hydrogen) atoms. The first-order chi connectivity index (χ1) is 9.86. The highest BCUT2D eigenvalue weighted by atomic mass is 16.5. The van der Waals surface area contributed by atoms with Crippen LogP contribution in [0.2, 0.25) is 0 Å². The molecule has 0 saturated carbocycles. The summed E-state index contributed by atoms with van der Waals surface area (Å²) >= 11 is 0. The lowest BCUT2D eigenvalue weighted by atomic mass is 10.1. The summed E-state index contributed by atoms with van der Waals surface area (Å²) in [6, 6.07) is 10.4. The van der Waals surface area contributed by atoms with E-state index in [-0.39, 0.29) is 17.7 Å². The fourth-order valence-electron chi connectivity index (χ4n) is 3.00. The van der Waals surface area contributed by atoms with Crippen LogP contribution in [0.25, 0.3) is 0 Å². The normalized spacial score (nSPS) is 23.0. The Morgan fingerprint density at radius 2 is 2.00 bits per heavy atom. The van der Waals surface area contributed by atoms with Crippen molar-refractivity contribution in [1.82, 2.24) is 10.2 Å². The van der Waals surface area contributed by atoms with Crippen LogP contribution in [-0.4, -0.2) is 35.2 Å². The maximum Gasteiger partial charge on any atom is 0.407 e. The molecule has 1 aromatic carbocycles. The average molecular weight is 290 g/mol. The van der Waals surface area contributed by atoms with Gasteiger partial charge in [-0.15, -0.1) is 0 Å². The van der Waals surface area contributed by atoms with Crippen LogP contribution in [-0.2, 0) is 11.3 Å². The molecule has 1 fully saturated rings. The van der Waals surface area contributed by atoms with E-state index >= 15 is 0 Å². The summed E-state index contributed by atoms with van der Waals surface area (Å²) in [5, 5.41) is 2.98. The molecule has 1 aromatic rings. The second kappa shape index (κ2) is 6.48. The highest BCUT2D eigenvalue weighted by Crippen LogP contribution is 2.26. The Bertz CT molecular complexity index is 467. The van der Waals surface area contributed by atoms with E-state index in [1.54, 1.807) is 0 Å². The van der Waals surface area contributed by atoms with Gasteiger partial charge in [0.2, 0.25) is 0 Å². The molecule has 1 saturated heterocycles. The summed E-state index contributed by atoms with van der Waals surface area (Å²) < 4.78 is 5.28. The van der Waals surface area contributed by atoms with Crippen molar-refractivity contribution >= 4 is 6.09 Å². The lowest BCUT2D eigenvalue weighted by Gasteiger charge is -2.35. The fourth-order valence-corrected chi connectivity index (χ4v) is 3.00. The van der Waals surface area contributed by atoms with E-state index in [1.165, 1.54) is 0 Å². The third kappa shape index (κ3) is 4.46. The zero-order valence-electron chi connectivity index (χ0n) is 13.4. The molecule has 1 amide bonds. The summed E-state index contributed by atoms with van der Waals surface area (Å²) in [6.45, 7) is 10.0. The fraction of sp³-hybridized carbons (Fsp3) is 0.588. The van der Waals surface area contributed by atoms with Crippen molar-refractivity contribution < 1.29 is 9.53 Å². The van der Waals surface area contributed by atoms with E-state index in [1.807, 2.05) is 30.3 Å². The molecule has 0 aromatic heterocycles. The predicted octanol–water partition coefficient (Wildman–Crippen LogP) is 3.17. The van der Waals surface area contributed by atoms with Crippen molar-refractivity contribution in [3.05, 3.63) is 35.9 Å². The maximum atomic E-state index is 11.9. The highest BCUT2D eigenvalue weighted by molar-refractivity contribution is 5.67. The molecule has 4 heteroatoms. The van der Waals surface area contributed by atoms with Gasteiger partial charge in [-0.2, -0.15) is 0 Å². The predicted molar refractivity (Wildman–Crippen MR) is 84.1 cm³/mol. The summed E-state index contributed by atoms with van der Waals surface area (Å²) in [6.07, 6.45) is 0.643. The Balaban J connectivity index is 1.79. The van der Waals surface area contributed by atoms with Crippen LogP contribution in [0.4, 0.5) is 4.79 Å². The molecule has 4 nitrogen and oxygen atoms in total. The molecule has 1 N–H and O–H groups in total. The van der Waals surface area contributed by atoms with Crippen molar-refractivity contribution in [1.29, 1.82) is 0 Å². The van der Waals surface area contributed by atoms with Gasteiger partial charge in [-0.25, -0.2) is 4.79 Å². The first-order valence-corrected chi connectivity index (χ1v) is 7.60. The topological polar surface area (TPSA) is 41.6 Å². The first-order valence-electron chi connectivity index (χ1n) is 7.60. The molecule has 0 spiro atoms. The number of hydrogen-bond acceptors (Lipinski definition) is 3. The van der Waals surface area contributed by atoms with Crippen LogP contribution in [0, 0.1) is 0 Å². The van der Waals surface area contributed by atoms with E-state index in [0.717, 1.165) is 18.5 Å². The highest BCUT2D eigenvalue weighted by Gasteiger charge is 2.36. The van der Waals surface area contributed by atoms with Gasteiger partial charge >= 0.3 is 6.09 Å². The van der Waals surface area contributed by atoms with Crippen LogP contribution in [0.15, 0.2) is 30.3 Å². The third-order valence-corrected chi connectivity index (χ3v) is 3.97. The number of nitrogens with one attached hydrogen (secondary N) is 1. The number of amides is 1.